The van der Waals surface area contributed by atoms with Crippen LogP contribution in [0.4, 0.5) is 18.0 Å². The summed E-state index contributed by atoms with van der Waals surface area (Å²) >= 11 is 0. The first-order valence-electron chi connectivity index (χ1n) is 4.35. The molecule has 90 valence electrons. The van der Waals surface area contributed by atoms with Gasteiger partial charge in [0, 0.05) is 0 Å². The molecular formula is C8H15F3N2O2. The number of urea groups is 1. The minimum Gasteiger partial charge on any atom is -0.391 e. The summed E-state index contributed by atoms with van der Waals surface area (Å²) in [5.74, 6) is 0. The first-order valence-corrected chi connectivity index (χ1v) is 4.35. The molecule has 0 heterocycles. The molecule has 0 aromatic rings. The van der Waals surface area contributed by atoms with Crippen LogP contribution in [0.3, 0.4) is 0 Å². The second-order valence-corrected chi connectivity index (χ2v) is 3.82. The van der Waals surface area contributed by atoms with Gasteiger partial charge in [0.05, 0.1) is 11.6 Å². The Morgan fingerprint density at radius 1 is 1.40 bits per heavy atom. The highest BCUT2D eigenvalue weighted by Gasteiger charge is 2.30. The fraction of sp³-hybridized carbons (Fsp3) is 0.875. The van der Waals surface area contributed by atoms with Crippen molar-refractivity contribution < 1.29 is 23.1 Å². The summed E-state index contributed by atoms with van der Waals surface area (Å²) in [6.07, 6.45) is -5.30. The molecule has 0 fully saturated rings. The molecule has 0 saturated heterocycles. The van der Waals surface area contributed by atoms with E-state index in [1.165, 1.54) is 20.8 Å². The Hall–Kier alpha value is -0.980. The van der Waals surface area contributed by atoms with E-state index in [9.17, 15) is 23.1 Å². The summed E-state index contributed by atoms with van der Waals surface area (Å²) < 4.78 is 35.1. The fourth-order valence-corrected chi connectivity index (χ4v) is 0.622. The van der Waals surface area contributed by atoms with Gasteiger partial charge in [0.15, 0.2) is 0 Å². The molecule has 0 rings (SSSR count). The molecule has 4 nitrogen and oxygen atoms in total. The highest BCUT2D eigenvalue weighted by atomic mass is 19.4. The molecule has 7 heteroatoms. The molecule has 2 amide bonds. The van der Waals surface area contributed by atoms with Gasteiger partial charge in [-0.25, -0.2) is 4.79 Å². The van der Waals surface area contributed by atoms with Crippen molar-refractivity contribution in [2.45, 2.75) is 38.6 Å². The average molecular weight is 228 g/mol. The maximum absolute atomic E-state index is 11.7. The maximum Gasteiger partial charge on any atom is 0.405 e. The van der Waals surface area contributed by atoms with Crippen LogP contribution in [0.25, 0.3) is 0 Å². The Morgan fingerprint density at radius 2 is 1.87 bits per heavy atom. The molecule has 3 N–H and O–H groups in total. The largest absolute Gasteiger partial charge is 0.405 e. The van der Waals surface area contributed by atoms with E-state index in [0.29, 0.717) is 0 Å². The standard InChI is InChI=1S/C8H15F3N2O2/c1-5(14)7(2,3)13-6(15)12-4-8(9,10)11/h5,14H,4H2,1-3H3,(H2,12,13,15). The van der Waals surface area contributed by atoms with Crippen molar-refractivity contribution >= 4 is 6.03 Å². The second-order valence-electron chi connectivity index (χ2n) is 3.82. The van der Waals surface area contributed by atoms with Crippen molar-refractivity contribution in [1.82, 2.24) is 10.6 Å². The van der Waals surface area contributed by atoms with Crippen LogP contribution in [0.2, 0.25) is 0 Å². The number of carbonyl (C=O) groups is 1. The van der Waals surface area contributed by atoms with Crippen LogP contribution in [-0.4, -0.2) is 35.5 Å². The van der Waals surface area contributed by atoms with E-state index in [0.717, 1.165) is 0 Å². The Kier molecular flexibility index (Phi) is 4.39. The SMILES string of the molecule is CC(O)C(C)(C)NC(=O)NCC(F)(F)F. The Balaban J connectivity index is 4.05. The number of hydrogen-bond acceptors (Lipinski definition) is 2. The van der Waals surface area contributed by atoms with E-state index in [-0.39, 0.29) is 0 Å². The third-order valence-electron chi connectivity index (χ3n) is 1.93. The summed E-state index contributed by atoms with van der Waals surface area (Å²) in [5, 5.41) is 13.1. The van der Waals surface area contributed by atoms with Crippen LogP contribution in [-0.2, 0) is 0 Å². The van der Waals surface area contributed by atoms with Gasteiger partial charge < -0.3 is 15.7 Å². The van der Waals surface area contributed by atoms with E-state index < -0.39 is 30.4 Å². The third kappa shape index (κ3) is 6.16. The first-order chi connectivity index (χ1) is 6.54. The van der Waals surface area contributed by atoms with Crippen molar-refractivity contribution in [2.24, 2.45) is 0 Å². The second kappa shape index (κ2) is 4.69. The van der Waals surface area contributed by atoms with E-state index in [2.05, 4.69) is 5.32 Å². The highest BCUT2D eigenvalue weighted by molar-refractivity contribution is 5.74. The van der Waals surface area contributed by atoms with E-state index in [1.54, 1.807) is 5.32 Å². The van der Waals surface area contributed by atoms with Gasteiger partial charge in [0.2, 0.25) is 0 Å². The van der Waals surface area contributed by atoms with Crippen molar-refractivity contribution in [2.75, 3.05) is 6.54 Å². The van der Waals surface area contributed by atoms with Crippen LogP contribution in [0.1, 0.15) is 20.8 Å². The summed E-state index contributed by atoms with van der Waals surface area (Å²) in [7, 11) is 0. The quantitative estimate of drug-likeness (QED) is 0.675. The summed E-state index contributed by atoms with van der Waals surface area (Å²) in [6.45, 7) is 3.05. The number of aliphatic hydroxyl groups excluding tert-OH is 1. The lowest BCUT2D eigenvalue weighted by atomic mass is 9.99. The van der Waals surface area contributed by atoms with Gasteiger partial charge in [-0.1, -0.05) is 0 Å². The van der Waals surface area contributed by atoms with Gasteiger partial charge >= 0.3 is 12.2 Å². The van der Waals surface area contributed by atoms with Gasteiger partial charge in [-0.3, -0.25) is 0 Å². The molecule has 15 heavy (non-hydrogen) atoms. The minimum absolute atomic E-state index is 0.867. The van der Waals surface area contributed by atoms with Crippen LogP contribution < -0.4 is 10.6 Å². The maximum atomic E-state index is 11.7. The minimum atomic E-state index is -4.44. The van der Waals surface area contributed by atoms with Gasteiger partial charge in [-0.2, -0.15) is 13.2 Å². The predicted octanol–water partition coefficient (Wildman–Crippen LogP) is 1.01. The van der Waals surface area contributed by atoms with Gasteiger partial charge in [0.25, 0.3) is 0 Å². The Bertz CT molecular complexity index is 226. The third-order valence-corrected chi connectivity index (χ3v) is 1.93. The molecule has 0 saturated carbocycles. The first kappa shape index (κ1) is 14.0. The molecule has 0 radical (unpaired) electrons. The van der Waals surface area contributed by atoms with Gasteiger partial charge in [-0.15, -0.1) is 0 Å². The zero-order chi connectivity index (χ0) is 12.3. The molecule has 1 atom stereocenters. The number of carbonyl (C=O) groups excluding carboxylic acids is 1. The number of amides is 2. The van der Waals surface area contributed by atoms with Crippen molar-refractivity contribution in [3.63, 3.8) is 0 Å². The van der Waals surface area contributed by atoms with E-state index >= 15 is 0 Å². The molecule has 0 aliphatic carbocycles. The highest BCUT2D eigenvalue weighted by Crippen LogP contribution is 2.12. The molecule has 0 spiro atoms. The molecule has 0 aromatic heterocycles. The van der Waals surface area contributed by atoms with Gasteiger partial charge in [0.1, 0.15) is 6.54 Å². The zero-order valence-electron chi connectivity index (χ0n) is 8.77. The van der Waals surface area contributed by atoms with Crippen molar-refractivity contribution in [3.05, 3.63) is 0 Å². The monoisotopic (exact) mass is 228 g/mol. The van der Waals surface area contributed by atoms with Crippen molar-refractivity contribution in [3.8, 4) is 0 Å². The smallest absolute Gasteiger partial charge is 0.391 e. The molecular weight excluding hydrogens is 213 g/mol. The Labute approximate surface area is 85.8 Å². The lowest BCUT2D eigenvalue weighted by Crippen LogP contribution is -2.55. The lowest BCUT2D eigenvalue weighted by molar-refractivity contribution is -0.122. The number of hydrogen-bond donors (Lipinski definition) is 3. The average Bonchev–Trinajstić information content (AvgIpc) is 1.98. The van der Waals surface area contributed by atoms with Crippen LogP contribution >= 0.6 is 0 Å². The Morgan fingerprint density at radius 3 is 2.20 bits per heavy atom. The van der Waals surface area contributed by atoms with Crippen LogP contribution in [0, 0.1) is 0 Å². The topological polar surface area (TPSA) is 61.4 Å². The van der Waals surface area contributed by atoms with Gasteiger partial charge in [-0.05, 0) is 20.8 Å². The van der Waals surface area contributed by atoms with Crippen LogP contribution in [0.15, 0.2) is 0 Å². The van der Waals surface area contributed by atoms with Crippen LogP contribution in [0.5, 0.6) is 0 Å². The molecule has 0 aromatic carbocycles. The summed E-state index contributed by atoms with van der Waals surface area (Å²) in [5.41, 5.74) is -0.977. The summed E-state index contributed by atoms with van der Waals surface area (Å²) in [4.78, 5) is 11.0. The van der Waals surface area contributed by atoms with E-state index in [4.69, 9.17) is 0 Å². The predicted molar refractivity (Wildman–Crippen MR) is 48.3 cm³/mol. The fourth-order valence-electron chi connectivity index (χ4n) is 0.622. The number of aliphatic hydroxyl groups is 1. The zero-order valence-corrected chi connectivity index (χ0v) is 8.77. The normalized spacial score (nSPS) is 14.6. The molecule has 0 bridgehead atoms. The van der Waals surface area contributed by atoms with Crippen molar-refractivity contribution in [1.29, 1.82) is 0 Å². The number of rotatable bonds is 3. The molecule has 0 aliphatic rings. The summed E-state index contributed by atoms with van der Waals surface area (Å²) in [6, 6.07) is -0.960. The number of halogens is 3. The van der Waals surface area contributed by atoms with E-state index in [1.807, 2.05) is 0 Å². The molecule has 1 unspecified atom stereocenters. The number of nitrogens with one attached hydrogen (secondary N) is 2. The lowest BCUT2D eigenvalue weighted by Gasteiger charge is -2.29. The molecule has 0 aliphatic heterocycles. The number of alkyl halides is 3.